The Kier molecular flexibility index (Phi) is 6.30. The fraction of sp³-hybridized carbons (Fsp3) is 0.938. The quantitative estimate of drug-likeness (QED) is 0.699. The zero-order chi connectivity index (χ0) is 14.4. The summed E-state index contributed by atoms with van der Waals surface area (Å²) in [5.74, 6) is 0.964. The molecule has 0 aliphatic carbocycles. The van der Waals surface area contributed by atoms with Crippen LogP contribution in [0.15, 0.2) is 0 Å². The highest BCUT2D eigenvalue weighted by Crippen LogP contribution is 2.24. The summed E-state index contributed by atoms with van der Waals surface area (Å²) >= 11 is 0. The number of nitrogens with one attached hydrogen (secondary N) is 2. The van der Waals surface area contributed by atoms with Crippen LogP contribution >= 0.6 is 0 Å². The SMILES string of the molecule is CCCCCC(C)NC(=O)CN1C[C@@H]2CCCN[C@@H]2C1. The fourth-order valence-electron chi connectivity index (χ4n) is 3.56. The fourth-order valence-corrected chi connectivity index (χ4v) is 3.56. The van der Waals surface area contributed by atoms with E-state index in [1.54, 1.807) is 0 Å². The maximum absolute atomic E-state index is 12.1. The van der Waals surface area contributed by atoms with Gasteiger partial charge in [0.1, 0.15) is 0 Å². The van der Waals surface area contributed by atoms with E-state index in [1.807, 2.05) is 0 Å². The normalized spacial score (nSPS) is 28.1. The van der Waals surface area contributed by atoms with Crippen LogP contribution in [-0.4, -0.2) is 49.1 Å². The van der Waals surface area contributed by atoms with Crippen LogP contribution < -0.4 is 10.6 Å². The number of nitrogens with zero attached hydrogens (tertiary/aromatic N) is 1. The van der Waals surface area contributed by atoms with E-state index in [2.05, 4.69) is 29.4 Å². The lowest BCUT2D eigenvalue weighted by Gasteiger charge is -2.24. The van der Waals surface area contributed by atoms with Crippen LogP contribution in [0.25, 0.3) is 0 Å². The molecule has 0 aromatic rings. The summed E-state index contributed by atoms with van der Waals surface area (Å²) in [5.41, 5.74) is 0. The third kappa shape index (κ3) is 4.74. The van der Waals surface area contributed by atoms with Gasteiger partial charge in [0.25, 0.3) is 0 Å². The first-order valence-electron chi connectivity index (χ1n) is 8.44. The van der Waals surface area contributed by atoms with E-state index in [1.165, 1.54) is 32.1 Å². The van der Waals surface area contributed by atoms with Crippen molar-refractivity contribution < 1.29 is 4.79 Å². The molecule has 116 valence electrons. The standard InChI is InChI=1S/C16H31N3O/c1-3-4-5-7-13(2)18-16(20)12-19-10-14-8-6-9-17-15(14)11-19/h13-15,17H,3-12H2,1-2H3,(H,18,20)/t13?,14-,15+/m0/s1. The molecular weight excluding hydrogens is 250 g/mol. The molecule has 2 heterocycles. The average molecular weight is 281 g/mol. The van der Waals surface area contributed by atoms with E-state index in [0.29, 0.717) is 18.6 Å². The number of amides is 1. The zero-order valence-corrected chi connectivity index (χ0v) is 13.2. The minimum absolute atomic E-state index is 0.202. The first-order chi connectivity index (χ1) is 9.69. The van der Waals surface area contributed by atoms with Gasteiger partial charge >= 0.3 is 0 Å². The molecule has 2 saturated heterocycles. The molecule has 4 nitrogen and oxygen atoms in total. The molecule has 0 spiro atoms. The Morgan fingerprint density at radius 1 is 1.40 bits per heavy atom. The van der Waals surface area contributed by atoms with Crippen molar-refractivity contribution in [3.05, 3.63) is 0 Å². The number of unbranched alkanes of at least 4 members (excludes halogenated alkanes) is 2. The molecule has 3 atom stereocenters. The van der Waals surface area contributed by atoms with Crippen LogP contribution in [0, 0.1) is 5.92 Å². The number of fused-ring (bicyclic) bond motifs is 1. The lowest BCUT2D eigenvalue weighted by Crippen LogP contribution is -2.42. The van der Waals surface area contributed by atoms with E-state index in [0.717, 1.165) is 32.0 Å². The molecule has 1 amide bonds. The van der Waals surface area contributed by atoms with Crippen molar-refractivity contribution in [2.75, 3.05) is 26.2 Å². The molecule has 1 unspecified atom stereocenters. The summed E-state index contributed by atoms with van der Waals surface area (Å²) in [6.45, 7) is 8.20. The largest absolute Gasteiger partial charge is 0.353 e. The van der Waals surface area contributed by atoms with Gasteiger partial charge in [-0.15, -0.1) is 0 Å². The van der Waals surface area contributed by atoms with Gasteiger partial charge in [0, 0.05) is 25.2 Å². The van der Waals surface area contributed by atoms with Crippen molar-refractivity contribution in [2.45, 2.75) is 64.5 Å². The molecule has 2 aliphatic rings. The number of hydrogen-bond acceptors (Lipinski definition) is 3. The molecule has 0 radical (unpaired) electrons. The Morgan fingerprint density at radius 2 is 2.25 bits per heavy atom. The van der Waals surface area contributed by atoms with Crippen LogP contribution in [0.3, 0.4) is 0 Å². The molecule has 0 bridgehead atoms. The Morgan fingerprint density at radius 3 is 3.00 bits per heavy atom. The lowest BCUT2D eigenvalue weighted by molar-refractivity contribution is -0.122. The van der Waals surface area contributed by atoms with Crippen molar-refractivity contribution in [3.8, 4) is 0 Å². The van der Waals surface area contributed by atoms with Crippen LogP contribution in [0.5, 0.6) is 0 Å². The van der Waals surface area contributed by atoms with Crippen molar-refractivity contribution in [1.82, 2.24) is 15.5 Å². The summed E-state index contributed by atoms with van der Waals surface area (Å²) in [6.07, 6.45) is 7.44. The second-order valence-corrected chi connectivity index (χ2v) is 6.62. The van der Waals surface area contributed by atoms with E-state index in [-0.39, 0.29) is 5.91 Å². The van der Waals surface area contributed by atoms with Crippen LogP contribution in [0.4, 0.5) is 0 Å². The Bertz CT molecular complexity index is 294. The van der Waals surface area contributed by atoms with Gasteiger partial charge in [-0.2, -0.15) is 0 Å². The molecule has 0 aromatic heterocycles. The summed E-state index contributed by atoms with van der Waals surface area (Å²) in [7, 11) is 0. The molecule has 2 rings (SSSR count). The van der Waals surface area contributed by atoms with Gasteiger partial charge in [-0.1, -0.05) is 26.2 Å². The summed E-state index contributed by atoms with van der Waals surface area (Å²) < 4.78 is 0. The summed E-state index contributed by atoms with van der Waals surface area (Å²) in [6, 6.07) is 0.940. The highest BCUT2D eigenvalue weighted by atomic mass is 16.2. The van der Waals surface area contributed by atoms with Gasteiger partial charge in [-0.05, 0) is 38.6 Å². The Balaban J connectivity index is 1.64. The van der Waals surface area contributed by atoms with E-state index >= 15 is 0 Å². The van der Waals surface area contributed by atoms with Gasteiger partial charge in [-0.3, -0.25) is 9.69 Å². The van der Waals surface area contributed by atoms with Crippen molar-refractivity contribution in [3.63, 3.8) is 0 Å². The van der Waals surface area contributed by atoms with Crippen LogP contribution in [-0.2, 0) is 4.79 Å². The highest BCUT2D eigenvalue weighted by molar-refractivity contribution is 5.78. The maximum Gasteiger partial charge on any atom is 0.234 e. The number of carbonyl (C=O) groups excluding carboxylic acids is 1. The molecule has 2 aliphatic heterocycles. The minimum Gasteiger partial charge on any atom is -0.353 e. The van der Waals surface area contributed by atoms with Gasteiger partial charge in [-0.25, -0.2) is 0 Å². The van der Waals surface area contributed by atoms with Crippen LogP contribution in [0.2, 0.25) is 0 Å². The minimum atomic E-state index is 0.202. The van der Waals surface area contributed by atoms with E-state index < -0.39 is 0 Å². The van der Waals surface area contributed by atoms with Gasteiger partial charge in [0.05, 0.1) is 6.54 Å². The number of piperidine rings is 1. The van der Waals surface area contributed by atoms with Crippen molar-refractivity contribution in [1.29, 1.82) is 0 Å². The van der Waals surface area contributed by atoms with Gasteiger partial charge in [0.15, 0.2) is 0 Å². The third-order valence-corrected chi connectivity index (χ3v) is 4.69. The van der Waals surface area contributed by atoms with Gasteiger partial charge < -0.3 is 10.6 Å². The monoisotopic (exact) mass is 281 g/mol. The number of likely N-dealkylation sites (tertiary alicyclic amines) is 1. The molecule has 4 heteroatoms. The third-order valence-electron chi connectivity index (χ3n) is 4.69. The van der Waals surface area contributed by atoms with Crippen molar-refractivity contribution >= 4 is 5.91 Å². The molecule has 2 fully saturated rings. The highest BCUT2D eigenvalue weighted by Gasteiger charge is 2.34. The maximum atomic E-state index is 12.1. The van der Waals surface area contributed by atoms with E-state index in [9.17, 15) is 4.79 Å². The second kappa shape index (κ2) is 7.99. The molecular formula is C16H31N3O. The van der Waals surface area contributed by atoms with E-state index in [4.69, 9.17) is 0 Å². The molecule has 20 heavy (non-hydrogen) atoms. The number of carbonyl (C=O) groups is 1. The Hall–Kier alpha value is -0.610. The van der Waals surface area contributed by atoms with Crippen LogP contribution in [0.1, 0.15) is 52.4 Å². The predicted octanol–water partition coefficient (Wildman–Crippen LogP) is 1.76. The second-order valence-electron chi connectivity index (χ2n) is 6.62. The average Bonchev–Trinajstić information content (AvgIpc) is 2.80. The number of hydrogen-bond donors (Lipinski definition) is 2. The topological polar surface area (TPSA) is 44.4 Å². The molecule has 2 N–H and O–H groups in total. The zero-order valence-electron chi connectivity index (χ0n) is 13.2. The predicted molar refractivity (Wildman–Crippen MR) is 82.7 cm³/mol. The number of rotatable bonds is 7. The van der Waals surface area contributed by atoms with Crippen molar-refractivity contribution in [2.24, 2.45) is 5.92 Å². The first kappa shape index (κ1) is 15.8. The summed E-state index contributed by atoms with van der Waals surface area (Å²) in [4.78, 5) is 14.4. The molecule has 0 saturated carbocycles. The smallest absolute Gasteiger partial charge is 0.234 e. The summed E-state index contributed by atoms with van der Waals surface area (Å²) in [5, 5.41) is 6.73. The molecule has 0 aromatic carbocycles. The lowest BCUT2D eigenvalue weighted by atomic mass is 9.94. The first-order valence-corrected chi connectivity index (χ1v) is 8.44. The van der Waals surface area contributed by atoms with Gasteiger partial charge in [0.2, 0.25) is 5.91 Å². The Labute approximate surface area is 123 Å².